The molecule has 4 rings (SSSR count). The Kier molecular flexibility index (Phi) is 5.87. The van der Waals surface area contributed by atoms with Crippen LogP contribution in [0.2, 0.25) is 0 Å². The van der Waals surface area contributed by atoms with E-state index in [4.69, 9.17) is 4.74 Å². The Hall–Kier alpha value is -2.38. The second kappa shape index (κ2) is 8.55. The van der Waals surface area contributed by atoms with Gasteiger partial charge in [0.2, 0.25) is 15.9 Å². The van der Waals surface area contributed by atoms with E-state index >= 15 is 0 Å². The number of benzene rings is 2. The van der Waals surface area contributed by atoms with Crippen molar-refractivity contribution in [2.24, 2.45) is 0 Å². The summed E-state index contributed by atoms with van der Waals surface area (Å²) in [7, 11) is -3.76. The Morgan fingerprint density at radius 3 is 2.34 bits per heavy atom. The largest absolute Gasteiger partial charge is 0.490 e. The number of amides is 1. The molecular formula is C22H26N2O4S. The third-order valence-electron chi connectivity index (χ3n) is 5.60. The van der Waals surface area contributed by atoms with Gasteiger partial charge in [0.05, 0.1) is 17.0 Å². The first kappa shape index (κ1) is 19.9. The van der Waals surface area contributed by atoms with Crippen molar-refractivity contribution in [3.63, 3.8) is 0 Å². The van der Waals surface area contributed by atoms with Crippen LogP contribution in [0.5, 0.6) is 5.75 Å². The average molecular weight is 415 g/mol. The SMILES string of the molecule is O=C1CC(c2ccccc2)N(S(=O)(=O)c2ccc(OC3CCCC3)cc2)CCN1. The molecule has 6 nitrogen and oxygen atoms in total. The van der Waals surface area contributed by atoms with Crippen molar-refractivity contribution >= 4 is 15.9 Å². The molecule has 1 amide bonds. The summed E-state index contributed by atoms with van der Waals surface area (Å²) in [4.78, 5) is 12.4. The minimum absolute atomic E-state index is 0.103. The number of rotatable bonds is 5. The first-order valence-corrected chi connectivity index (χ1v) is 11.6. The maximum atomic E-state index is 13.4. The summed E-state index contributed by atoms with van der Waals surface area (Å²) in [6.45, 7) is 0.526. The van der Waals surface area contributed by atoms with Crippen molar-refractivity contribution in [1.82, 2.24) is 9.62 Å². The van der Waals surface area contributed by atoms with Gasteiger partial charge in [-0.05, 0) is 55.5 Å². The normalized spacial score (nSPS) is 21.5. The van der Waals surface area contributed by atoms with Crippen molar-refractivity contribution in [3.05, 3.63) is 60.2 Å². The van der Waals surface area contributed by atoms with Crippen molar-refractivity contribution in [1.29, 1.82) is 0 Å². The molecule has 0 bridgehead atoms. The molecule has 1 unspecified atom stereocenters. The van der Waals surface area contributed by atoms with Gasteiger partial charge in [-0.2, -0.15) is 4.31 Å². The molecule has 0 radical (unpaired) electrons. The fourth-order valence-corrected chi connectivity index (χ4v) is 5.70. The van der Waals surface area contributed by atoms with Gasteiger partial charge in [-0.25, -0.2) is 8.42 Å². The Morgan fingerprint density at radius 1 is 0.966 bits per heavy atom. The molecule has 1 N–H and O–H groups in total. The van der Waals surface area contributed by atoms with Crippen LogP contribution in [-0.2, 0) is 14.8 Å². The van der Waals surface area contributed by atoms with Crippen LogP contribution in [-0.4, -0.2) is 37.8 Å². The van der Waals surface area contributed by atoms with Crippen LogP contribution in [0.1, 0.15) is 43.7 Å². The van der Waals surface area contributed by atoms with E-state index in [0.29, 0.717) is 12.3 Å². The number of sulfonamides is 1. The molecule has 0 spiro atoms. The van der Waals surface area contributed by atoms with Crippen LogP contribution in [0, 0.1) is 0 Å². The predicted molar refractivity (Wildman–Crippen MR) is 110 cm³/mol. The maximum Gasteiger partial charge on any atom is 0.243 e. The van der Waals surface area contributed by atoms with Crippen LogP contribution in [0.3, 0.4) is 0 Å². The summed E-state index contributed by atoms with van der Waals surface area (Å²) in [5.41, 5.74) is 0.814. The van der Waals surface area contributed by atoms with E-state index < -0.39 is 16.1 Å². The van der Waals surface area contributed by atoms with Gasteiger partial charge in [-0.3, -0.25) is 4.79 Å². The lowest BCUT2D eigenvalue weighted by atomic mass is 10.0. The van der Waals surface area contributed by atoms with E-state index in [1.807, 2.05) is 30.3 Å². The van der Waals surface area contributed by atoms with Crippen molar-refractivity contribution in [2.75, 3.05) is 13.1 Å². The van der Waals surface area contributed by atoms with Gasteiger partial charge in [0.25, 0.3) is 0 Å². The number of nitrogens with one attached hydrogen (secondary N) is 1. The Labute approximate surface area is 171 Å². The average Bonchev–Trinajstić information content (AvgIpc) is 3.15. The molecule has 1 heterocycles. The highest BCUT2D eigenvalue weighted by molar-refractivity contribution is 7.89. The highest BCUT2D eigenvalue weighted by Crippen LogP contribution is 2.32. The molecule has 1 aliphatic carbocycles. The summed E-state index contributed by atoms with van der Waals surface area (Å²) in [5, 5.41) is 2.78. The lowest BCUT2D eigenvalue weighted by Crippen LogP contribution is -2.36. The van der Waals surface area contributed by atoms with Crippen LogP contribution in [0.4, 0.5) is 0 Å². The highest BCUT2D eigenvalue weighted by Gasteiger charge is 2.35. The van der Waals surface area contributed by atoms with Crippen molar-refractivity contribution < 1.29 is 17.9 Å². The van der Waals surface area contributed by atoms with Crippen molar-refractivity contribution in [2.45, 2.75) is 49.1 Å². The summed E-state index contributed by atoms with van der Waals surface area (Å²) in [6.07, 6.45) is 4.79. The van der Waals surface area contributed by atoms with E-state index in [0.717, 1.165) is 18.4 Å². The lowest BCUT2D eigenvalue weighted by Gasteiger charge is -2.28. The van der Waals surface area contributed by atoms with Crippen LogP contribution in [0.15, 0.2) is 59.5 Å². The molecule has 29 heavy (non-hydrogen) atoms. The van der Waals surface area contributed by atoms with Gasteiger partial charge < -0.3 is 10.1 Å². The van der Waals surface area contributed by atoms with Gasteiger partial charge in [-0.1, -0.05) is 30.3 Å². The molecule has 1 atom stereocenters. The van der Waals surface area contributed by atoms with E-state index in [2.05, 4.69) is 5.32 Å². The Bertz CT molecular complexity index is 939. The zero-order chi connectivity index (χ0) is 20.3. The minimum atomic E-state index is -3.76. The molecule has 154 valence electrons. The predicted octanol–water partition coefficient (Wildman–Crippen LogP) is 3.26. The summed E-state index contributed by atoms with van der Waals surface area (Å²) >= 11 is 0. The Morgan fingerprint density at radius 2 is 1.66 bits per heavy atom. The molecule has 0 aromatic heterocycles. The van der Waals surface area contributed by atoms with Gasteiger partial charge in [0.1, 0.15) is 5.75 Å². The van der Waals surface area contributed by atoms with Crippen LogP contribution >= 0.6 is 0 Å². The topological polar surface area (TPSA) is 75.7 Å². The molecule has 1 saturated carbocycles. The second-order valence-electron chi connectivity index (χ2n) is 7.59. The first-order chi connectivity index (χ1) is 14.0. The van der Waals surface area contributed by atoms with Gasteiger partial charge in [0.15, 0.2) is 0 Å². The molecule has 1 aliphatic heterocycles. The second-order valence-corrected chi connectivity index (χ2v) is 9.48. The third-order valence-corrected chi connectivity index (χ3v) is 7.52. The zero-order valence-corrected chi connectivity index (χ0v) is 17.1. The molecule has 7 heteroatoms. The molecule has 2 aliphatic rings. The zero-order valence-electron chi connectivity index (χ0n) is 16.3. The summed E-state index contributed by atoms with van der Waals surface area (Å²) in [6, 6.07) is 15.4. The smallest absolute Gasteiger partial charge is 0.243 e. The fraction of sp³-hybridized carbons (Fsp3) is 0.409. The van der Waals surface area contributed by atoms with E-state index in [9.17, 15) is 13.2 Å². The van der Waals surface area contributed by atoms with E-state index in [1.54, 1.807) is 24.3 Å². The number of nitrogens with zero attached hydrogens (tertiary/aromatic N) is 1. The highest BCUT2D eigenvalue weighted by atomic mass is 32.2. The maximum absolute atomic E-state index is 13.4. The lowest BCUT2D eigenvalue weighted by molar-refractivity contribution is -0.121. The van der Waals surface area contributed by atoms with Crippen LogP contribution in [0.25, 0.3) is 0 Å². The van der Waals surface area contributed by atoms with Crippen LogP contribution < -0.4 is 10.1 Å². The molecule has 2 fully saturated rings. The van der Waals surface area contributed by atoms with Crippen molar-refractivity contribution in [3.8, 4) is 5.75 Å². The van der Waals surface area contributed by atoms with Gasteiger partial charge in [-0.15, -0.1) is 0 Å². The molecular weight excluding hydrogens is 388 g/mol. The van der Waals surface area contributed by atoms with Gasteiger partial charge >= 0.3 is 0 Å². The van der Waals surface area contributed by atoms with E-state index in [1.165, 1.54) is 17.1 Å². The molecule has 2 aromatic carbocycles. The van der Waals surface area contributed by atoms with E-state index in [-0.39, 0.29) is 29.9 Å². The standard InChI is InChI=1S/C22H26N2O4S/c25-22-16-21(17-6-2-1-3-7-17)24(15-14-23-22)29(26,27)20-12-10-19(11-13-20)28-18-8-4-5-9-18/h1-3,6-7,10-13,18,21H,4-5,8-9,14-16H2,(H,23,25). The quantitative estimate of drug-likeness (QED) is 0.815. The number of carbonyl (C=O) groups is 1. The Balaban J connectivity index is 1.60. The fourth-order valence-electron chi connectivity index (χ4n) is 4.08. The number of carbonyl (C=O) groups excluding carboxylic acids is 1. The molecule has 2 aromatic rings. The number of hydrogen-bond acceptors (Lipinski definition) is 4. The van der Waals surface area contributed by atoms with Gasteiger partial charge in [0, 0.05) is 19.5 Å². The third kappa shape index (κ3) is 4.46. The summed E-state index contributed by atoms with van der Waals surface area (Å²) < 4.78 is 34.3. The first-order valence-electron chi connectivity index (χ1n) is 10.1. The minimum Gasteiger partial charge on any atom is -0.490 e. The summed E-state index contributed by atoms with van der Waals surface area (Å²) in [5.74, 6) is 0.556. The number of hydrogen-bond donors (Lipinski definition) is 1. The monoisotopic (exact) mass is 414 g/mol. The molecule has 1 saturated heterocycles. The number of ether oxygens (including phenoxy) is 1.